The summed E-state index contributed by atoms with van der Waals surface area (Å²) in [6.45, 7) is 37.7. The second kappa shape index (κ2) is 29.4. The maximum absolute atomic E-state index is 13.1. The van der Waals surface area contributed by atoms with Crippen molar-refractivity contribution in [2.24, 2.45) is 35.0 Å². The molecule has 1 aromatic carbocycles. The molecule has 0 aromatic heterocycles. The van der Waals surface area contributed by atoms with E-state index in [0.717, 1.165) is 54.5 Å². The number of alkyl halides is 1. The molecule has 2 saturated carbocycles. The number of hydrogen-bond donors (Lipinski definition) is 1. The maximum atomic E-state index is 13.1. The van der Waals surface area contributed by atoms with E-state index in [1.165, 1.54) is 30.9 Å². The van der Waals surface area contributed by atoms with Crippen LogP contribution in [-0.4, -0.2) is 58.2 Å². The molecule has 8 heteroatoms. The summed E-state index contributed by atoms with van der Waals surface area (Å²) in [4.78, 5) is 51.1. The van der Waals surface area contributed by atoms with Crippen molar-refractivity contribution >= 4 is 52.1 Å². The third kappa shape index (κ3) is 24.2. The molecule has 2 amide bonds. The van der Waals surface area contributed by atoms with Gasteiger partial charge < -0.3 is 10.2 Å². The number of allylic oxidation sites excluding steroid dienone is 2. The number of carbonyl (C=O) groups excluding carboxylic acids is 4. The highest BCUT2D eigenvalue weighted by Crippen LogP contribution is 2.61. The molecule has 336 valence electrons. The van der Waals surface area contributed by atoms with Crippen molar-refractivity contribution in [2.75, 3.05) is 14.1 Å². The molecule has 6 nitrogen and oxygen atoms in total. The van der Waals surface area contributed by atoms with Crippen molar-refractivity contribution in [3.8, 4) is 0 Å². The number of carbonyl (C=O) groups is 4. The summed E-state index contributed by atoms with van der Waals surface area (Å²) in [5, 5.41) is 2.83. The molecule has 0 bridgehead atoms. The molecule has 7 unspecified atom stereocenters. The zero-order valence-electron chi connectivity index (χ0n) is 40.1. The van der Waals surface area contributed by atoms with Crippen LogP contribution in [0.3, 0.4) is 0 Å². The van der Waals surface area contributed by atoms with Crippen molar-refractivity contribution in [1.82, 2.24) is 10.2 Å². The highest BCUT2D eigenvalue weighted by Gasteiger charge is 2.63. The van der Waals surface area contributed by atoms with Crippen molar-refractivity contribution in [3.05, 3.63) is 72.9 Å². The van der Waals surface area contributed by atoms with E-state index in [1.807, 2.05) is 58.0 Å². The molecule has 0 heterocycles. The van der Waals surface area contributed by atoms with E-state index in [9.17, 15) is 19.2 Å². The minimum absolute atomic E-state index is 0.0172. The zero-order valence-corrected chi connectivity index (χ0v) is 41.6. The van der Waals surface area contributed by atoms with Gasteiger partial charge in [0, 0.05) is 36.2 Å². The van der Waals surface area contributed by atoms with Gasteiger partial charge in [-0.3, -0.25) is 19.2 Å². The zero-order chi connectivity index (χ0) is 46.3. The molecule has 2 fully saturated rings. The summed E-state index contributed by atoms with van der Waals surface area (Å²) in [6, 6.07) is 9.29. The summed E-state index contributed by atoms with van der Waals surface area (Å²) < 4.78 is 0. The molecule has 0 aliphatic heterocycles. The van der Waals surface area contributed by atoms with Crippen LogP contribution < -0.4 is 5.32 Å². The fraction of sp³-hybridized carbons (Fsp3) is 0.667. The van der Waals surface area contributed by atoms with E-state index in [2.05, 4.69) is 80.4 Å². The van der Waals surface area contributed by atoms with Crippen LogP contribution in [0.1, 0.15) is 166 Å². The van der Waals surface area contributed by atoms with Gasteiger partial charge in [-0.2, -0.15) is 0 Å². The molecule has 2 aliphatic carbocycles. The Kier molecular flexibility index (Phi) is 29.0. The Balaban J connectivity index is 0. The molecule has 0 radical (unpaired) electrons. The molecule has 1 N–H and O–H groups in total. The van der Waals surface area contributed by atoms with Crippen LogP contribution in [-0.2, 0) is 19.2 Å². The smallest absolute Gasteiger partial charge is 0.243 e. The summed E-state index contributed by atoms with van der Waals surface area (Å²) >= 11 is 11.8. The highest BCUT2D eigenvalue weighted by molar-refractivity contribution is 7.80. The molecule has 0 saturated heterocycles. The number of nitrogens with one attached hydrogen (secondary N) is 1. The molecule has 0 spiro atoms. The predicted molar refractivity (Wildman–Crippen MR) is 259 cm³/mol. The van der Waals surface area contributed by atoms with E-state index in [0.29, 0.717) is 11.3 Å². The van der Waals surface area contributed by atoms with Crippen LogP contribution in [0, 0.1) is 35.0 Å². The lowest BCUT2D eigenvalue weighted by atomic mass is 9.79. The van der Waals surface area contributed by atoms with E-state index in [4.69, 9.17) is 23.8 Å². The number of Topliss-reactive ketones (excluding diaryl/α,β-unsaturated/α-hetero) is 2. The van der Waals surface area contributed by atoms with Crippen LogP contribution in [0.2, 0.25) is 0 Å². The SMILES string of the molecule is C=C(C)C(=S)C(C)CCC.C=C(C)CC.C=CC(=O)NC(C(=O)CC(C(C)=O)C1C(CC)C1(C)Cl)C1CCCCC1.CC(C(=O)N(C)C)c1ccccc1.CC(C)(C)C. The Hall–Kier alpha value is -2.90. The molecule has 7 atom stereocenters. The first-order valence-electron chi connectivity index (χ1n) is 22.0. The van der Waals surface area contributed by atoms with Crippen molar-refractivity contribution in [3.63, 3.8) is 0 Å². The van der Waals surface area contributed by atoms with Gasteiger partial charge in [0.25, 0.3) is 0 Å². The van der Waals surface area contributed by atoms with Gasteiger partial charge in [0.1, 0.15) is 5.78 Å². The lowest BCUT2D eigenvalue weighted by Crippen LogP contribution is -2.47. The second-order valence-corrected chi connectivity index (χ2v) is 19.9. The molecular weight excluding hydrogens is 772 g/mol. The summed E-state index contributed by atoms with van der Waals surface area (Å²) in [7, 11) is 3.56. The molecule has 1 aromatic rings. The number of hydrogen-bond acceptors (Lipinski definition) is 5. The number of likely N-dealkylation sites (N-methyl/N-ethyl adjacent to an activating group) is 1. The third-order valence-electron chi connectivity index (χ3n) is 10.8. The first kappa shape index (κ1) is 58.2. The Bertz CT molecular complexity index is 1470. The van der Waals surface area contributed by atoms with E-state index >= 15 is 0 Å². The number of amides is 2. The number of ketones is 2. The number of benzene rings is 1. The van der Waals surface area contributed by atoms with Crippen LogP contribution in [0.5, 0.6) is 0 Å². The Morgan fingerprint density at radius 3 is 1.81 bits per heavy atom. The monoisotopic (exact) mass is 857 g/mol. The van der Waals surface area contributed by atoms with Gasteiger partial charge in [0.2, 0.25) is 11.8 Å². The average molecular weight is 858 g/mol. The maximum Gasteiger partial charge on any atom is 0.243 e. The normalized spacial score (nSPS) is 20.1. The Morgan fingerprint density at radius 2 is 1.46 bits per heavy atom. The minimum atomic E-state index is -0.525. The first-order chi connectivity index (χ1) is 27.2. The van der Waals surface area contributed by atoms with Gasteiger partial charge >= 0.3 is 0 Å². The lowest BCUT2D eigenvalue weighted by Gasteiger charge is -2.30. The third-order valence-corrected chi connectivity index (χ3v) is 12.1. The standard InChI is InChI=1S/C21H32ClNO3.C11H15NO.C9H16S.C5H12.C5H10/c1-5-16-19(21(16,4)22)15(13(3)24)12-17(25)20(23-18(26)6-2)14-10-8-7-9-11-14;1-9(11(13)12(2)3)10-7-5-4-6-8-10;1-5-6-8(4)9(10)7(2)3;1-5(2,3)4;1-4-5(2)3/h6,14-16,19-20H,2,5,7-12H2,1,3-4H3,(H,23,26);4-9H,1-3H3;8H,2,5-6H2,1,3-4H3;1-4H3;2,4H2,1,3H3. The van der Waals surface area contributed by atoms with Gasteiger partial charge in [0.15, 0.2) is 5.78 Å². The van der Waals surface area contributed by atoms with Gasteiger partial charge in [-0.15, -0.1) is 18.2 Å². The van der Waals surface area contributed by atoms with Gasteiger partial charge in [-0.1, -0.05) is 149 Å². The van der Waals surface area contributed by atoms with Gasteiger partial charge in [-0.05, 0) is 107 Å². The van der Waals surface area contributed by atoms with Crippen LogP contribution in [0.4, 0.5) is 0 Å². The number of nitrogens with zero attached hydrogens (tertiary/aromatic N) is 1. The molecular formula is C51H85ClN2O4S. The predicted octanol–water partition coefficient (Wildman–Crippen LogP) is 13.3. The van der Waals surface area contributed by atoms with Crippen molar-refractivity contribution in [2.45, 2.75) is 171 Å². The van der Waals surface area contributed by atoms with Gasteiger partial charge in [-0.25, -0.2) is 0 Å². The molecule has 2 aliphatic rings. The van der Waals surface area contributed by atoms with Crippen LogP contribution >= 0.6 is 23.8 Å². The summed E-state index contributed by atoms with van der Waals surface area (Å²) in [5.74, 6) is 0.385. The summed E-state index contributed by atoms with van der Waals surface area (Å²) in [5.41, 5.74) is 3.88. The van der Waals surface area contributed by atoms with Crippen molar-refractivity contribution < 1.29 is 19.2 Å². The second-order valence-electron chi connectivity index (χ2n) is 18.7. The quantitative estimate of drug-likeness (QED) is 0.0775. The topological polar surface area (TPSA) is 83.5 Å². The van der Waals surface area contributed by atoms with Crippen LogP contribution in [0.15, 0.2) is 67.3 Å². The first-order valence-corrected chi connectivity index (χ1v) is 22.8. The highest BCUT2D eigenvalue weighted by atomic mass is 35.5. The van der Waals surface area contributed by atoms with E-state index < -0.39 is 10.9 Å². The average Bonchev–Trinajstić information content (AvgIpc) is 3.74. The summed E-state index contributed by atoms with van der Waals surface area (Å²) in [6.07, 6.45) is 11.0. The van der Waals surface area contributed by atoms with E-state index in [-0.39, 0.29) is 59.4 Å². The van der Waals surface area contributed by atoms with Crippen molar-refractivity contribution in [1.29, 1.82) is 0 Å². The Morgan fingerprint density at radius 1 is 0.966 bits per heavy atom. The largest absolute Gasteiger partial charge is 0.348 e. The molecule has 59 heavy (non-hydrogen) atoms. The van der Waals surface area contributed by atoms with E-state index in [1.54, 1.807) is 25.9 Å². The van der Waals surface area contributed by atoms with Gasteiger partial charge in [0.05, 0.1) is 12.0 Å². The number of halogens is 1. The number of rotatable bonds is 16. The fourth-order valence-electron chi connectivity index (χ4n) is 7.19. The minimum Gasteiger partial charge on any atom is -0.348 e. The Labute approximate surface area is 372 Å². The number of thiocarbonyl (C=S) groups is 1. The fourth-order valence-corrected chi connectivity index (χ4v) is 7.84. The lowest BCUT2D eigenvalue weighted by molar-refractivity contribution is -0.131. The molecule has 3 rings (SSSR count). The van der Waals surface area contributed by atoms with Crippen LogP contribution in [0.25, 0.3) is 0 Å².